The van der Waals surface area contributed by atoms with Crippen molar-refractivity contribution in [1.82, 2.24) is 0 Å². The Kier molecular flexibility index (Phi) is 5.00. The minimum Gasteiger partial charge on any atom is -0.493 e. The highest BCUT2D eigenvalue weighted by atomic mass is 16.7. The number of nitrogens with zero attached hydrogens (tertiary/aromatic N) is 1. The van der Waals surface area contributed by atoms with Crippen molar-refractivity contribution in [3.8, 4) is 11.5 Å². The Morgan fingerprint density at radius 2 is 2.16 bits per heavy atom. The van der Waals surface area contributed by atoms with Gasteiger partial charge in [-0.15, -0.1) is 0 Å². The molecule has 104 valence electrons. The van der Waals surface area contributed by atoms with Crippen LogP contribution in [0.4, 0.5) is 0 Å². The van der Waals surface area contributed by atoms with Gasteiger partial charge in [0.05, 0.1) is 33.1 Å². The van der Waals surface area contributed by atoms with Gasteiger partial charge < -0.3 is 24.8 Å². The van der Waals surface area contributed by atoms with E-state index in [1.54, 1.807) is 13.3 Å². The third-order valence-corrected chi connectivity index (χ3v) is 2.71. The van der Waals surface area contributed by atoms with Gasteiger partial charge >= 0.3 is 0 Å². The minimum atomic E-state index is -0.167. The SMILES string of the molecule is COc1ccc(C=NN)cc1OCCC1OCCO1. The molecular weight excluding hydrogens is 248 g/mol. The van der Waals surface area contributed by atoms with Crippen LogP contribution in [0.1, 0.15) is 12.0 Å². The Balaban J connectivity index is 1.94. The molecule has 0 atom stereocenters. The third-order valence-electron chi connectivity index (χ3n) is 2.71. The van der Waals surface area contributed by atoms with Crippen molar-refractivity contribution in [2.75, 3.05) is 26.9 Å². The zero-order chi connectivity index (χ0) is 13.5. The zero-order valence-electron chi connectivity index (χ0n) is 10.9. The lowest BCUT2D eigenvalue weighted by Gasteiger charge is -2.13. The number of methoxy groups -OCH3 is 1. The standard InChI is InChI=1S/C13H18N2O4/c1-16-11-3-2-10(9-15-14)8-12(11)17-5-4-13-18-6-7-19-13/h2-3,8-9,13H,4-7,14H2,1H3. The summed E-state index contributed by atoms with van der Waals surface area (Å²) in [7, 11) is 1.60. The van der Waals surface area contributed by atoms with Crippen LogP contribution >= 0.6 is 0 Å². The van der Waals surface area contributed by atoms with E-state index in [0.717, 1.165) is 5.56 Å². The first-order chi connectivity index (χ1) is 9.33. The van der Waals surface area contributed by atoms with Crippen molar-refractivity contribution < 1.29 is 18.9 Å². The lowest BCUT2D eigenvalue weighted by atomic mass is 10.2. The summed E-state index contributed by atoms with van der Waals surface area (Å²) in [5.74, 6) is 6.45. The second kappa shape index (κ2) is 6.96. The van der Waals surface area contributed by atoms with Gasteiger partial charge in [-0.25, -0.2) is 0 Å². The number of rotatable bonds is 6. The molecule has 0 unspecified atom stereocenters. The molecule has 2 rings (SSSR count). The first-order valence-electron chi connectivity index (χ1n) is 6.11. The van der Waals surface area contributed by atoms with Crippen molar-refractivity contribution >= 4 is 6.21 Å². The van der Waals surface area contributed by atoms with Crippen LogP contribution < -0.4 is 15.3 Å². The topological polar surface area (TPSA) is 75.3 Å². The van der Waals surface area contributed by atoms with E-state index in [1.165, 1.54) is 0 Å². The summed E-state index contributed by atoms with van der Waals surface area (Å²) < 4.78 is 21.6. The second-order valence-corrected chi connectivity index (χ2v) is 4.00. The summed E-state index contributed by atoms with van der Waals surface area (Å²) in [6.07, 6.45) is 2.06. The van der Waals surface area contributed by atoms with Crippen molar-refractivity contribution in [1.29, 1.82) is 0 Å². The molecule has 0 spiro atoms. The summed E-state index contributed by atoms with van der Waals surface area (Å²) in [5.41, 5.74) is 0.853. The largest absolute Gasteiger partial charge is 0.493 e. The number of hydrogen-bond acceptors (Lipinski definition) is 6. The Morgan fingerprint density at radius 1 is 1.37 bits per heavy atom. The van der Waals surface area contributed by atoms with Gasteiger partial charge in [-0.3, -0.25) is 0 Å². The summed E-state index contributed by atoms with van der Waals surface area (Å²) in [5, 5.41) is 3.48. The van der Waals surface area contributed by atoms with Crippen LogP contribution in [0.2, 0.25) is 0 Å². The van der Waals surface area contributed by atoms with E-state index in [4.69, 9.17) is 24.8 Å². The molecule has 1 aliphatic rings. The maximum Gasteiger partial charge on any atom is 0.161 e. The number of hydrazone groups is 1. The van der Waals surface area contributed by atoms with Gasteiger partial charge in [0.1, 0.15) is 0 Å². The molecular formula is C13H18N2O4. The molecule has 1 aromatic rings. The fourth-order valence-electron chi connectivity index (χ4n) is 1.81. The lowest BCUT2D eigenvalue weighted by molar-refractivity contribution is -0.0532. The molecule has 6 heteroatoms. The Labute approximate surface area is 112 Å². The fraction of sp³-hybridized carbons (Fsp3) is 0.462. The molecule has 0 amide bonds. The quantitative estimate of drug-likeness (QED) is 0.474. The molecule has 1 saturated heterocycles. The molecule has 1 fully saturated rings. The normalized spacial score (nSPS) is 16.1. The monoisotopic (exact) mass is 266 g/mol. The maximum atomic E-state index is 5.69. The van der Waals surface area contributed by atoms with E-state index in [-0.39, 0.29) is 6.29 Å². The molecule has 2 N–H and O–H groups in total. The van der Waals surface area contributed by atoms with Gasteiger partial charge in [0.15, 0.2) is 17.8 Å². The van der Waals surface area contributed by atoms with Crippen molar-refractivity contribution in [2.24, 2.45) is 10.9 Å². The number of hydrogen-bond donors (Lipinski definition) is 1. The van der Waals surface area contributed by atoms with Gasteiger partial charge in [-0.2, -0.15) is 5.10 Å². The first kappa shape index (κ1) is 13.6. The predicted molar refractivity (Wildman–Crippen MR) is 70.6 cm³/mol. The lowest BCUT2D eigenvalue weighted by Crippen LogP contribution is -2.13. The fourth-order valence-corrected chi connectivity index (χ4v) is 1.81. The van der Waals surface area contributed by atoms with E-state index in [0.29, 0.717) is 37.7 Å². The highest BCUT2D eigenvalue weighted by Gasteiger charge is 2.16. The molecule has 0 aliphatic carbocycles. The first-order valence-corrected chi connectivity index (χ1v) is 6.11. The number of ether oxygens (including phenoxy) is 4. The predicted octanol–water partition coefficient (Wildman–Crippen LogP) is 1.13. The molecule has 19 heavy (non-hydrogen) atoms. The van der Waals surface area contributed by atoms with Crippen LogP contribution in [-0.4, -0.2) is 39.4 Å². The van der Waals surface area contributed by atoms with Gasteiger partial charge in [-0.1, -0.05) is 0 Å². The highest BCUT2D eigenvalue weighted by Crippen LogP contribution is 2.28. The van der Waals surface area contributed by atoms with Gasteiger partial charge in [0, 0.05) is 6.42 Å². The van der Waals surface area contributed by atoms with Crippen LogP contribution in [0.25, 0.3) is 0 Å². The summed E-state index contributed by atoms with van der Waals surface area (Å²) in [4.78, 5) is 0. The number of nitrogens with two attached hydrogens (primary N) is 1. The van der Waals surface area contributed by atoms with E-state index in [9.17, 15) is 0 Å². The summed E-state index contributed by atoms with van der Waals surface area (Å²) >= 11 is 0. The van der Waals surface area contributed by atoms with Crippen molar-refractivity contribution in [3.63, 3.8) is 0 Å². The average Bonchev–Trinajstić information content (AvgIpc) is 2.93. The Bertz CT molecular complexity index is 431. The van der Waals surface area contributed by atoms with Crippen LogP contribution in [0, 0.1) is 0 Å². The Hall–Kier alpha value is -1.79. The zero-order valence-corrected chi connectivity index (χ0v) is 10.9. The van der Waals surface area contributed by atoms with Crippen LogP contribution in [0.5, 0.6) is 11.5 Å². The van der Waals surface area contributed by atoms with E-state index in [2.05, 4.69) is 5.10 Å². The maximum absolute atomic E-state index is 5.69. The molecule has 6 nitrogen and oxygen atoms in total. The Morgan fingerprint density at radius 3 is 2.84 bits per heavy atom. The smallest absolute Gasteiger partial charge is 0.161 e. The summed E-state index contributed by atoms with van der Waals surface area (Å²) in [6.45, 7) is 1.79. The molecule has 0 aromatic heterocycles. The van der Waals surface area contributed by atoms with E-state index in [1.807, 2.05) is 18.2 Å². The van der Waals surface area contributed by atoms with Crippen molar-refractivity contribution in [3.05, 3.63) is 23.8 Å². The van der Waals surface area contributed by atoms with Crippen LogP contribution in [0.3, 0.4) is 0 Å². The molecule has 0 radical (unpaired) electrons. The number of benzene rings is 1. The van der Waals surface area contributed by atoms with Crippen LogP contribution in [0.15, 0.2) is 23.3 Å². The molecule has 1 aromatic carbocycles. The average molecular weight is 266 g/mol. The van der Waals surface area contributed by atoms with E-state index >= 15 is 0 Å². The van der Waals surface area contributed by atoms with E-state index < -0.39 is 0 Å². The molecule has 0 saturated carbocycles. The second-order valence-electron chi connectivity index (χ2n) is 4.00. The molecule has 1 aliphatic heterocycles. The third kappa shape index (κ3) is 3.84. The molecule has 1 heterocycles. The van der Waals surface area contributed by atoms with Crippen molar-refractivity contribution in [2.45, 2.75) is 12.7 Å². The van der Waals surface area contributed by atoms with Crippen LogP contribution in [-0.2, 0) is 9.47 Å². The minimum absolute atomic E-state index is 0.167. The van der Waals surface area contributed by atoms with Gasteiger partial charge in [-0.05, 0) is 23.8 Å². The van der Waals surface area contributed by atoms with Gasteiger partial charge in [0.2, 0.25) is 0 Å². The highest BCUT2D eigenvalue weighted by molar-refractivity contribution is 5.80. The molecule has 0 bridgehead atoms. The summed E-state index contributed by atoms with van der Waals surface area (Å²) in [6, 6.07) is 5.49. The van der Waals surface area contributed by atoms with Gasteiger partial charge in [0.25, 0.3) is 0 Å².